The summed E-state index contributed by atoms with van der Waals surface area (Å²) in [6.07, 6.45) is 1.29. The number of likely N-dealkylation sites (N-methyl/N-ethyl adjacent to an activating group) is 1. The Hall–Kier alpha value is -1.83. The number of aliphatic carboxylic acids is 1. The molecule has 0 radical (unpaired) electrons. The summed E-state index contributed by atoms with van der Waals surface area (Å²) < 4.78 is 9.88. The minimum atomic E-state index is -0.983. The van der Waals surface area contributed by atoms with E-state index in [4.69, 9.17) is 14.6 Å². The lowest BCUT2D eigenvalue weighted by atomic mass is 10.0. The molecule has 2 aliphatic rings. The Morgan fingerprint density at radius 1 is 1.33 bits per heavy atom. The van der Waals surface area contributed by atoms with E-state index < -0.39 is 29.9 Å². The van der Waals surface area contributed by atoms with Crippen LogP contribution in [0.4, 0.5) is 4.79 Å². The average molecular weight is 300 g/mol. The van der Waals surface area contributed by atoms with Gasteiger partial charge in [0.1, 0.15) is 12.0 Å². The molecule has 0 aliphatic carbocycles. The molecule has 0 bridgehead atoms. The third-order valence-corrected chi connectivity index (χ3v) is 4.14. The van der Waals surface area contributed by atoms with Gasteiger partial charge in [-0.25, -0.2) is 9.59 Å². The van der Waals surface area contributed by atoms with Crippen LogP contribution in [0.25, 0.3) is 0 Å². The quantitative estimate of drug-likeness (QED) is 0.724. The van der Waals surface area contributed by atoms with Crippen molar-refractivity contribution in [2.75, 3.05) is 33.9 Å². The average Bonchev–Trinajstić information content (AvgIpc) is 3.13. The van der Waals surface area contributed by atoms with Crippen LogP contribution in [0, 0.1) is 5.92 Å². The molecular formula is C13H20N2O6. The summed E-state index contributed by atoms with van der Waals surface area (Å²) in [5.41, 5.74) is 0. The molecule has 2 saturated heterocycles. The predicted octanol–water partition coefficient (Wildman–Crippen LogP) is -0.225. The van der Waals surface area contributed by atoms with Crippen molar-refractivity contribution in [2.24, 2.45) is 5.92 Å². The second-order valence-corrected chi connectivity index (χ2v) is 5.32. The fourth-order valence-electron chi connectivity index (χ4n) is 2.88. The van der Waals surface area contributed by atoms with Gasteiger partial charge in [0.2, 0.25) is 0 Å². The maximum atomic E-state index is 12.5. The number of carboxylic acid groups (broad SMARTS) is 1. The van der Waals surface area contributed by atoms with E-state index >= 15 is 0 Å². The number of esters is 1. The van der Waals surface area contributed by atoms with Crippen molar-refractivity contribution in [3.63, 3.8) is 0 Å². The Bertz CT molecular complexity index is 440. The van der Waals surface area contributed by atoms with Crippen molar-refractivity contribution in [2.45, 2.75) is 24.9 Å². The third kappa shape index (κ3) is 2.94. The monoisotopic (exact) mass is 300 g/mol. The van der Waals surface area contributed by atoms with Crippen molar-refractivity contribution in [3.05, 3.63) is 0 Å². The summed E-state index contributed by atoms with van der Waals surface area (Å²) in [5, 5.41) is 9.15. The number of amides is 2. The van der Waals surface area contributed by atoms with Gasteiger partial charge in [-0.2, -0.15) is 0 Å². The van der Waals surface area contributed by atoms with Gasteiger partial charge in [-0.05, 0) is 12.8 Å². The smallest absolute Gasteiger partial charge is 0.328 e. The number of rotatable bonds is 3. The van der Waals surface area contributed by atoms with Gasteiger partial charge in [-0.3, -0.25) is 4.79 Å². The van der Waals surface area contributed by atoms with Crippen LogP contribution in [0.15, 0.2) is 0 Å². The zero-order valence-corrected chi connectivity index (χ0v) is 12.2. The van der Waals surface area contributed by atoms with Crippen LogP contribution >= 0.6 is 0 Å². The summed E-state index contributed by atoms with van der Waals surface area (Å²) in [6, 6.07) is -1.46. The van der Waals surface area contributed by atoms with Gasteiger partial charge in [0, 0.05) is 13.6 Å². The highest BCUT2D eigenvalue weighted by Crippen LogP contribution is 2.24. The van der Waals surface area contributed by atoms with Crippen molar-refractivity contribution in [1.82, 2.24) is 9.80 Å². The summed E-state index contributed by atoms with van der Waals surface area (Å²) in [4.78, 5) is 38.2. The van der Waals surface area contributed by atoms with E-state index in [9.17, 15) is 14.4 Å². The number of hydrogen-bond donors (Lipinski definition) is 1. The number of carboxylic acids is 1. The molecule has 2 amide bonds. The molecule has 2 fully saturated rings. The Morgan fingerprint density at radius 2 is 2.05 bits per heavy atom. The first-order valence-electron chi connectivity index (χ1n) is 6.89. The number of carbonyl (C=O) groups excluding carboxylic acids is 2. The number of hydrogen-bond acceptors (Lipinski definition) is 5. The molecule has 0 aromatic carbocycles. The molecule has 0 aromatic rings. The van der Waals surface area contributed by atoms with Crippen LogP contribution in [-0.4, -0.2) is 78.9 Å². The number of urea groups is 1. The van der Waals surface area contributed by atoms with Gasteiger partial charge in [-0.1, -0.05) is 0 Å². The topological polar surface area (TPSA) is 96.4 Å². The number of methoxy groups -OCH3 is 1. The van der Waals surface area contributed by atoms with E-state index in [2.05, 4.69) is 0 Å². The second-order valence-electron chi connectivity index (χ2n) is 5.32. The Kier molecular flexibility index (Phi) is 4.66. The van der Waals surface area contributed by atoms with Crippen LogP contribution in [0.3, 0.4) is 0 Å². The highest BCUT2D eigenvalue weighted by atomic mass is 16.5. The molecule has 3 atom stereocenters. The Morgan fingerprint density at radius 3 is 2.67 bits per heavy atom. The highest BCUT2D eigenvalue weighted by molar-refractivity contribution is 5.84. The van der Waals surface area contributed by atoms with Crippen molar-refractivity contribution < 1.29 is 29.0 Å². The molecule has 8 heteroatoms. The number of likely N-dealkylation sites (tertiary alicyclic amines) is 1. The zero-order valence-electron chi connectivity index (χ0n) is 12.2. The second kappa shape index (κ2) is 6.30. The normalized spacial score (nSPS) is 28.5. The molecule has 0 spiro atoms. The molecule has 2 rings (SSSR count). The van der Waals surface area contributed by atoms with Gasteiger partial charge in [0.25, 0.3) is 0 Å². The summed E-state index contributed by atoms with van der Waals surface area (Å²) >= 11 is 0. The lowest BCUT2D eigenvalue weighted by Crippen LogP contribution is -2.52. The lowest BCUT2D eigenvalue weighted by molar-refractivity contribution is -0.146. The SMILES string of the molecule is COC(=O)C1CCCN1C(=O)N(C)C1COCC1C(=O)O. The van der Waals surface area contributed by atoms with E-state index in [1.54, 1.807) is 7.05 Å². The molecule has 2 heterocycles. The molecule has 2 aliphatic heterocycles. The maximum Gasteiger partial charge on any atom is 0.328 e. The largest absolute Gasteiger partial charge is 0.481 e. The molecule has 0 aromatic heterocycles. The fraction of sp³-hybridized carbons (Fsp3) is 0.769. The molecule has 118 valence electrons. The first-order valence-corrected chi connectivity index (χ1v) is 6.89. The lowest BCUT2D eigenvalue weighted by Gasteiger charge is -2.32. The van der Waals surface area contributed by atoms with Crippen LogP contribution in [0.2, 0.25) is 0 Å². The number of nitrogens with zero attached hydrogens (tertiary/aromatic N) is 2. The maximum absolute atomic E-state index is 12.5. The summed E-state index contributed by atoms with van der Waals surface area (Å²) in [7, 11) is 2.84. The van der Waals surface area contributed by atoms with Crippen LogP contribution in [0.5, 0.6) is 0 Å². The van der Waals surface area contributed by atoms with Gasteiger partial charge in [0.05, 0.1) is 26.4 Å². The van der Waals surface area contributed by atoms with Gasteiger partial charge >= 0.3 is 18.0 Å². The highest BCUT2D eigenvalue weighted by Gasteiger charge is 2.42. The van der Waals surface area contributed by atoms with E-state index in [0.717, 1.165) is 6.42 Å². The third-order valence-electron chi connectivity index (χ3n) is 4.14. The minimum absolute atomic E-state index is 0.0953. The summed E-state index contributed by atoms with van der Waals surface area (Å²) in [5.74, 6) is -2.16. The van der Waals surface area contributed by atoms with Crippen molar-refractivity contribution >= 4 is 18.0 Å². The van der Waals surface area contributed by atoms with Gasteiger partial charge < -0.3 is 24.4 Å². The Balaban J connectivity index is 2.08. The first kappa shape index (κ1) is 15.6. The van der Waals surface area contributed by atoms with Crippen LogP contribution < -0.4 is 0 Å². The number of carbonyl (C=O) groups is 3. The van der Waals surface area contributed by atoms with Gasteiger partial charge in [-0.15, -0.1) is 0 Å². The molecule has 1 N–H and O–H groups in total. The fourth-order valence-corrected chi connectivity index (χ4v) is 2.88. The van der Waals surface area contributed by atoms with E-state index in [1.807, 2.05) is 0 Å². The van der Waals surface area contributed by atoms with Crippen molar-refractivity contribution in [1.29, 1.82) is 0 Å². The number of ether oxygens (including phenoxy) is 2. The molecule has 21 heavy (non-hydrogen) atoms. The predicted molar refractivity (Wildman–Crippen MR) is 70.6 cm³/mol. The standard InChI is InChI=1S/C13H20N2O6/c1-14(10-7-21-6-8(10)11(16)17)13(19)15-5-3-4-9(15)12(18)20-2/h8-10H,3-7H2,1-2H3,(H,16,17). The van der Waals surface area contributed by atoms with E-state index in [1.165, 1.54) is 16.9 Å². The summed E-state index contributed by atoms with van der Waals surface area (Å²) in [6.45, 7) is 0.752. The van der Waals surface area contributed by atoms with Gasteiger partial charge in [0.15, 0.2) is 0 Å². The van der Waals surface area contributed by atoms with E-state index in [-0.39, 0.29) is 19.2 Å². The molecule has 0 saturated carbocycles. The minimum Gasteiger partial charge on any atom is -0.481 e. The molecule has 3 unspecified atom stereocenters. The van der Waals surface area contributed by atoms with Crippen molar-refractivity contribution in [3.8, 4) is 0 Å². The van der Waals surface area contributed by atoms with E-state index in [0.29, 0.717) is 13.0 Å². The zero-order chi connectivity index (χ0) is 15.6. The first-order chi connectivity index (χ1) is 9.97. The van der Waals surface area contributed by atoms with Crippen LogP contribution in [0.1, 0.15) is 12.8 Å². The van der Waals surface area contributed by atoms with Crippen LogP contribution in [-0.2, 0) is 19.1 Å². The Labute approximate surface area is 122 Å². The molecular weight excluding hydrogens is 280 g/mol. The molecule has 8 nitrogen and oxygen atoms in total.